The molecule has 4 nitrogen and oxygen atoms in total. The maximum Gasteiger partial charge on any atom is 0.240 e. The molecule has 0 aromatic heterocycles. The molecule has 5 heteroatoms. The molecular weight excluding hydrogens is 296 g/mol. The number of rotatable bonds is 3. The summed E-state index contributed by atoms with van der Waals surface area (Å²) in [6.07, 6.45) is 3.38. The van der Waals surface area contributed by atoms with Gasteiger partial charge in [-0.1, -0.05) is 20.8 Å². The van der Waals surface area contributed by atoms with E-state index in [0.29, 0.717) is 11.5 Å². The molecule has 0 spiro atoms. The second-order valence-electron chi connectivity index (χ2n) is 7.61. The fourth-order valence-corrected chi connectivity index (χ4v) is 6.06. The van der Waals surface area contributed by atoms with Crippen molar-refractivity contribution in [2.45, 2.75) is 51.0 Å². The van der Waals surface area contributed by atoms with Crippen molar-refractivity contribution < 1.29 is 8.42 Å². The fraction of sp³-hybridized carbons (Fsp3) is 0.588. The third-order valence-electron chi connectivity index (χ3n) is 5.84. The zero-order valence-corrected chi connectivity index (χ0v) is 14.1. The second kappa shape index (κ2) is 4.81. The Morgan fingerprint density at radius 3 is 2.36 bits per heavy atom. The highest BCUT2D eigenvalue weighted by molar-refractivity contribution is 7.89. The molecule has 2 saturated carbocycles. The van der Waals surface area contributed by atoms with Crippen molar-refractivity contribution in [2.24, 2.45) is 16.7 Å². The van der Waals surface area contributed by atoms with Gasteiger partial charge in [-0.05, 0) is 60.3 Å². The van der Waals surface area contributed by atoms with Crippen LogP contribution in [-0.4, -0.2) is 14.5 Å². The number of nitrogens with one attached hydrogen (secondary N) is 1. The lowest BCUT2D eigenvalue weighted by Gasteiger charge is -2.42. The Kier molecular flexibility index (Phi) is 3.39. The van der Waals surface area contributed by atoms with Crippen LogP contribution in [0.5, 0.6) is 0 Å². The van der Waals surface area contributed by atoms with Gasteiger partial charge in [-0.25, -0.2) is 13.1 Å². The average molecular weight is 318 g/mol. The van der Waals surface area contributed by atoms with Crippen molar-refractivity contribution in [1.29, 1.82) is 5.26 Å². The zero-order valence-electron chi connectivity index (χ0n) is 13.3. The van der Waals surface area contributed by atoms with Crippen LogP contribution in [0.25, 0.3) is 0 Å². The molecule has 118 valence electrons. The van der Waals surface area contributed by atoms with E-state index in [1.54, 1.807) is 12.1 Å². The molecule has 3 atom stereocenters. The summed E-state index contributed by atoms with van der Waals surface area (Å²) in [7, 11) is -3.56. The van der Waals surface area contributed by atoms with Gasteiger partial charge in [0, 0.05) is 6.04 Å². The van der Waals surface area contributed by atoms with Crippen molar-refractivity contribution in [3.8, 4) is 6.07 Å². The summed E-state index contributed by atoms with van der Waals surface area (Å²) in [4.78, 5) is 0.230. The van der Waals surface area contributed by atoms with E-state index >= 15 is 0 Å². The molecule has 1 aromatic carbocycles. The van der Waals surface area contributed by atoms with E-state index in [0.717, 1.165) is 12.8 Å². The van der Waals surface area contributed by atoms with Crippen LogP contribution in [0.1, 0.15) is 45.6 Å². The molecule has 2 bridgehead atoms. The van der Waals surface area contributed by atoms with Crippen molar-refractivity contribution in [3.63, 3.8) is 0 Å². The van der Waals surface area contributed by atoms with E-state index in [9.17, 15) is 8.42 Å². The lowest BCUT2D eigenvalue weighted by molar-refractivity contribution is 0.127. The Hall–Kier alpha value is -1.38. The molecule has 0 radical (unpaired) electrons. The van der Waals surface area contributed by atoms with Gasteiger partial charge in [-0.2, -0.15) is 5.26 Å². The van der Waals surface area contributed by atoms with Gasteiger partial charge >= 0.3 is 0 Å². The largest absolute Gasteiger partial charge is 0.240 e. The molecule has 0 heterocycles. The van der Waals surface area contributed by atoms with Crippen LogP contribution in [0.15, 0.2) is 29.2 Å². The van der Waals surface area contributed by atoms with Gasteiger partial charge in [0.2, 0.25) is 10.0 Å². The van der Waals surface area contributed by atoms with Crippen LogP contribution in [0.2, 0.25) is 0 Å². The van der Waals surface area contributed by atoms with Gasteiger partial charge in [0.15, 0.2) is 0 Å². The minimum absolute atomic E-state index is 0.0212. The first-order valence-electron chi connectivity index (χ1n) is 7.71. The summed E-state index contributed by atoms with van der Waals surface area (Å²) >= 11 is 0. The van der Waals surface area contributed by atoms with Crippen LogP contribution in [-0.2, 0) is 10.0 Å². The number of fused-ring (bicyclic) bond motifs is 2. The number of nitrogens with zero attached hydrogens (tertiary/aromatic N) is 1. The third-order valence-corrected chi connectivity index (χ3v) is 7.28. The van der Waals surface area contributed by atoms with Crippen LogP contribution >= 0.6 is 0 Å². The maximum atomic E-state index is 12.7. The Labute approximate surface area is 132 Å². The summed E-state index contributed by atoms with van der Waals surface area (Å²) in [6.45, 7) is 6.55. The van der Waals surface area contributed by atoms with Crippen LogP contribution in [0, 0.1) is 28.1 Å². The normalized spacial score (nSPS) is 32.8. The van der Waals surface area contributed by atoms with Crippen LogP contribution in [0.4, 0.5) is 0 Å². The predicted octanol–water partition coefficient (Wildman–Crippen LogP) is 3.05. The minimum Gasteiger partial charge on any atom is -0.207 e. The van der Waals surface area contributed by atoms with E-state index in [1.807, 2.05) is 6.07 Å². The van der Waals surface area contributed by atoms with E-state index in [-0.39, 0.29) is 21.8 Å². The van der Waals surface area contributed by atoms with Gasteiger partial charge < -0.3 is 0 Å². The van der Waals surface area contributed by atoms with E-state index in [4.69, 9.17) is 5.26 Å². The van der Waals surface area contributed by atoms with Crippen molar-refractivity contribution in [3.05, 3.63) is 29.8 Å². The lowest BCUT2D eigenvalue weighted by atomic mass is 9.69. The highest BCUT2D eigenvalue weighted by Crippen LogP contribution is 2.62. The molecule has 2 fully saturated rings. The molecule has 22 heavy (non-hydrogen) atoms. The van der Waals surface area contributed by atoms with Gasteiger partial charge in [0.05, 0.1) is 16.5 Å². The summed E-state index contributed by atoms with van der Waals surface area (Å²) < 4.78 is 28.4. The average Bonchev–Trinajstić information content (AvgIpc) is 2.95. The summed E-state index contributed by atoms with van der Waals surface area (Å²) in [5.41, 5.74) is 0.492. The molecule has 2 aliphatic carbocycles. The molecule has 1 N–H and O–H groups in total. The van der Waals surface area contributed by atoms with Gasteiger partial charge in [0.1, 0.15) is 0 Å². The number of sulfonamides is 1. The fourth-order valence-electron chi connectivity index (χ4n) is 4.53. The number of nitriles is 1. The molecule has 2 aliphatic rings. The van der Waals surface area contributed by atoms with Crippen LogP contribution < -0.4 is 4.72 Å². The molecular formula is C17H22N2O2S. The van der Waals surface area contributed by atoms with Gasteiger partial charge in [-0.3, -0.25) is 0 Å². The van der Waals surface area contributed by atoms with Crippen molar-refractivity contribution >= 4 is 10.0 Å². The molecule has 0 unspecified atom stereocenters. The number of hydrogen-bond donors (Lipinski definition) is 1. The number of benzene rings is 1. The quantitative estimate of drug-likeness (QED) is 0.931. The first-order valence-corrected chi connectivity index (χ1v) is 9.20. The first-order chi connectivity index (χ1) is 10.2. The molecule has 0 aliphatic heterocycles. The molecule has 3 rings (SSSR count). The molecule has 1 aromatic rings. The Bertz CT molecular complexity index is 726. The van der Waals surface area contributed by atoms with Crippen molar-refractivity contribution in [1.82, 2.24) is 4.72 Å². The number of hydrogen-bond acceptors (Lipinski definition) is 3. The Morgan fingerprint density at radius 2 is 1.86 bits per heavy atom. The highest BCUT2D eigenvalue weighted by Gasteiger charge is 2.60. The second-order valence-corrected chi connectivity index (χ2v) is 9.32. The van der Waals surface area contributed by atoms with E-state index in [2.05, 4.69) is 25.5 Å². The van der Waals surface area contributed by atoms with Gasteiger partial charge in [0.25, 0.3) is 0 Å². The van der Waals surface area contributed by atoms with Gasteiger partial charge in [-0.15, -0.1) is 0 Å². The third kappa shape index (κ3) is 2.26. The summed E-state index contributed by atoms with van der Waals surface area (Å²) in [5, 5.41) is 8.82. The smallest absolute Gasteiger partial charge is 0.207 e. The van der Waals surface area contributed by atoms with Crippen molar-refractivity contribution in [2.75, 3.05) is 0 Å². The van der Waals surface area contributed by atoms with E-state index in [1.165, 1.54) is 18.6 Å². The Morgan fingerprint density at radius 1 is 1.23 bits per heavy atom. The first kappa shape index (κ1) is 15.5. The summed E-state index contributed by atoms with van der Waals surface area (Å²) in [5.74, 6) is 0.589. The summed E-state index contributed by atoms with van der Waals surface area (Å²) in [6, 6.07) is 8.06. The van der Waals surface area contributed by atoms with E-state index < -0.39 is 10.0 Å². The topological polar surface area (TPSA) is 70.0 Å². The Balaban J connectivity index is 1.90. The standard InChI is InChI=1S/C17H22N2O2S/c1-16(2)13-8-9-17(3,10-13)15(16)19-22(20,21)14-6-4-12(11-18)5-7-14/h4-7,13,15,19H,8-10H2,1-3H3/t13-,15+,17-/m0/s1. The molecule has 0 saturated heterocycles. The SMILES string of the molecule is CC1(C)[C@H]2CC[C@@](C)(C2)[C@@H]1NS(=O)(=O)c1ccc(C#N)cc1. The zero-order chi connectivity index (χ0) is 16.2. The predicted molar refractivity (Wildman–Crippen MR) is 84.5 cm³/mol. The highest BCUT2D eigenvalue weighted by atomic mass is 32.2. The minimum atomic E-state index is -3.56. The maximum absolute atomic E-state index is 12.7. The lowest BCUT2D eigenvalue weighted by Crippen LogP contribution is -2.52. The monoisotopic (exact) mass is 318 g/mol. The van der Waals surface area contributed by atoms with Crippen LogP contribution in [0.3, 0.4) is 0 Å². The molecule has 0 amide bonds.